The minimum atomic E-state index is -0.771. The number of benzene rings is 1. The molecule has 0 amide bonds. The molecule has 0 aliphatic rings. The van der Waals surface area contributed by atoms with Crippen molar-refractivity contribution in [3.63, 3.8) is 0 Å². The largest absolute Gasteiger partial charge is 0.388 e. The summed E-state index contributed by atoms with van der Waals surface area (Å²) in [6.07, 6.45) is -0.381. The first-order chi connectivity index (χ1) is 8.91. The third kappa shape index (κ3) is 2.97. The van der Waals surface area contributed by atoms with E-state index in [1.54, 1.807) is 22.9 Å². The van der Waals surface area contributed by atoms with Gasteiger partial charge in [-0.25, -0.2) is 0 Å². The van der Waals surface area contributed by atoms with Gasteiger partial charge < -0.3 is 5.11 Å². The van der Waals surface area contributed by atoms with Crippen molar-refractivity contribution in [2.75, 3.05) is 0 Å². The van der Waals surface area contributed by atoms with Crippen molar-refractivity contribution in [1.82, 2.24) is 9.78 Å². The number of aliphatic hydroxyl groups is 1. The Morgan fingerprint density at radius 1 is 1.37 bits per heavy atom. The number of hydrogen-bond acceptors (Lipinski definition) is 2. The zero-order valence-corrected chi connectivity index (χ0v) is 13.6. The van der Waals surface area contributed by atoms with E-state index in [0.29, 0.717) is 22.0 Å². The Morgan fingerprint density at radius 3 is 2.42 bits per heavy atom. The Kier molecular flexibility index (Phi) is 4.56. The zero-order valence-electron chi connectivity index (χ0n) is 10.5. The molecule has 2 aromatic rings. The van der Waals surface area contributed by atoms with Gasteiger partial charge in [0.05, 0.1) is 22.0 Å². The van der Waals surface area contributed by atoms with E-state index in [1.165, 1.54) is 0 Å². The summed E-state index contributed by atoms with van der Waals surface area (Å²) in [5, 5.41) is 15.6. The van der Waals surface area contributed by atoms with Crippen LogP contribution in [0.25, 0.3) is 0 Å². The van der Waals surface area contributed by atoms with Gasteiger partial charge >= 0.3 is 0 Å². The molecule has 0 saturated heterocycles. The standard InChI is InChI=1S/C13H13BrCl2N2O/c1-7-13(14)10(18(2)17-7)6-11(19)12-8(15)4-3-5-9(12)16/h3-5,11,19H,6H2,1-2H3. The van der Waals surface area contributed by atoms with E-state index >= 15 is 0 Å². The number of aromatic nitrogens is 2. The van der Waals surface area contributed by atoms with Crippen LogP contribution in [0.15, 0.2) is 22.7 Å². The molecule has 1 aromatic carbocycles. The first kappa shape index (κ1) is 14.9. The number of rotatable bonds is 3. The summed E-state index contributed by atoms with van der Waals surface area (Å²) < 4.78 is 2.64. The fourth-order valence-corrected chi connectivity index (χ4v) is 3.16. The molecule has 1 N–H and O–H groups in total. The highest BCUT2D eigenvalue weighted by Crippen LogP contribution is 2.33. The van der Waals surface area contributed by atoms with Gasteiger partial charge in [-0.3, -0.25) is 4.68 Å². The predicted molar refractivity (Wildman–Crippen MR) is 80.8 cm³/mol. The molecule has 6 heteroatoms. The van der Waals surface area contributed by atoms with E-state index in [0.717, 1.165) is 15.9 Å². The molecule has 0 aliphatic heterocycles. The molecule has 0 bridgehead atoms. The van der Waals surface area contributed by atoms with Gasteiger partial charge in [-0.05, 0) is 35.0 Å². The van der Waals surface area contributed by atoms with Crippen LogP contribution in [0.4, 0.5) is 0 Å². The zero-order chi connectivity index (χ0) is 14.2. The summed E-state index contributed by atoms with van der Waals surface area (Å²) >= 11 is 15.7. The first-order valence-corrected chi connectivity index (χ1v) is 7.26. The Morgan fingerprint density at radius 2 is 1.95 bits per heavy atom. The van der Waals surface area contributed by atoms with Crippen LogP contribution in [0.1, 0.15) is 23.1 Å². The van der Waals surface area contributed by atoms with Crippen molar-refractivity contribution in [1.29, 1.82) is 0 Å². The van der Waals surface area contributed by atoms with Gasteiger partial charge in [0.1, 0.15) is 0 Å². The van der Waals surface area contributed by atoms with Gasteiger partial charge in [-0.1, -0.05) is 29.3 Å². The summed E-state index contributed by atoms with van der Waals surface area (Å²) in [6.45, 7) is 1.91. The SMILES string of the molecule is Cc1nn(C)c(CC(O)c2c(Cl)cccc2Cl)c1Br. The first-order valence-electron chi connectivity index (χ1n) is 5.71. The maximum Gasteiger partial charge on any atom is 0.0874 e. The molecular weight excluding hydrogens is 351 g/mol. The van der Waals surface area contributed by atoms with Gasteiger partial charge in [0.2, 0.25) is 0 Å². The Bertz CT molecular complexity index is 593. The summed E-state index contributed by atoms with van der Waals surface area (Å²) in [4.78, 5) is 0. The van der Waals surface area contributed by atoms with Crippen LogP contribution >= 0.6 is 39.1 Å². The van der Waals surface area contributed by atoms with Crippen LogP contribution < -0.4 is 0 Å². The predicted octanol–water partition coefficient (Wildman–Crippen LogP) is 4.07. The van der Waals surface area contributed by atoms with Crippen molar-refractivity contribution in [2.24, 2.45) is 7.05 Å². The molecule has 3 nitrogen and oxygen atoms in total. The lowest BCUT2D eigenvalue weighted by atomic mass is 10.0. The van der Waals surface area contributed by atoms with Crippen LogP contribution in [0.3, 0.4) is 0 Å². The summed E-state index contributed by atoms with van der Waals surface area (Å²) in [5.41, 5.74) is 2.34. The lowest BCUT2D eigenvalue weighted by Gasteiger charge is -2.15. The Balaban J connectivity index is 2.33. The van der Waals surface area contributed by atoms with E-state index < -0.39 is 6.10 Å². The lowest BCUT2D eigenvalue weighted by Crippen LogP contribution is -2.08. The summed E-state index contributed by atoms with van der Waals surface area (Å²) in [5.74, 6) is 0. The average Bonchev–Trinajstić information content (AvgIpc) is 2.56. The smallest absolute Gasteiger partial charge is 0.0874 e. The normalized spacial score (nSPS) is 12.7. The number of halogens is 3. The molecule has 0 radical (unpaired) electrons. The third-order valence-electron chi connectivity index (χ3n) is 2.98. The van der Waals surface area contributed by atoms with Gasteiger partial charge in [-0.15, -0.1) is 0 Å². The second kappa shape index (κ2) is 5.83. The minimum absolute atomic E-state index is 0.390. The quantitative estimate of drug-likeness (QED) is 0.892. The van der Waals surface area contributed by atoms with Crippen LogP contribution in [-0.4, -0.2) is 14.9 Å². The van der Waals surface area contributed by atoms with E-state index in [1.807, 2.05) is 14.0 Å². The van der Waals surface area contributed by atoms with Crippen LogP contribution in [0.5, 0.6) is 0 Å². The fraction of sp³-hybridized carbons (Fsp3) is 0.308. The molecule has 0 saturated carbocycles. The maximum atomic E-state index is 10.4. The van der Waals surface area contributed by atoms with E-state index in [-0.39, 0.29) is 0 Å². The molecule has 102 valence electrons. The van der Waals surface area contributed by atoms with Gasteiger partial charge in [0.15, 0.2) is 0 Å². The molecule has 0 fully saturated rings. The highest BCUT2D eigenvalue weighted by Gasteiger charge is 2.20. The highest BCUT2D eigenvalue weighted by atomic mass is 79.9. The molecule has 1 heterocycles. The van der Waals surface area contributed by atoms with Gasteiger partial charge in [-0.2, -0.15) is 5.10 Å². The number of aliphatic hydroxyl groups excluding tert-OH is 1. The van der Waals surface area contributed by atoms with Crippen molar-refractivity contribution < 1.29 is 5.11 Å². The van der Waals surface area contributed by atoms with Gasteiger partial charge in [0, 0.05) is 29.1 Å². The van der Waals surface area contributed by atoms with Crippen molar-refractivity contribution in [3.8, 4) is 0 Å². The lowest BCUT2D eigenvalue weighted by molar-refractivity contribution is 0.176. The molecule has 0 aliphatic carbocycles. The molecule has 0 spiro atoms. The van der Waals surface area contributed by atoms with Crippen molar-refractivity contribution in [2.45, 2.75) is 19.4 Å². The highest BCUT2D eigenvalue weighted by molar-refractivity contribution is 9.10. The van der Waals surface area contributed by atoms with Crippen LogP contribution in [0, 0.1) is 6.92 Å². The average molecular weight is 364 g/mol. The second-order valence-electron chi connectivity index (χ2n) is 4.32. The molecule has 19 heavy (non-hydrogen) atoms. The number of hydrogen-bond donors (Lipinski definition) is 1. The Hall–Kier alpha value is -0.550. The summed E-state index contributed by atoms with van der Waals surface area (Å²) in [6, 6.07) is 5.19. The van der Waals surface area contributed by atoms with Crippen LogP contribution in [-0.2, 0) is 13.5 Å². The van der Waals surface area contributed by atoms with Crippen molar-refractivity contribution in [3.05, 3.63) is 49.7 Å². The van der Waals surface area contributed by atoms with Crippen molar-refractivity contribution >= 4 is 39.1 Å². The maximum absolute atomic E-state index is 10.4. The fourth-order valence-electron chi connectivity index (χ4n) is 2.02. The molecule has 1 aromatic heterocycles. The summed E-state index contributed by atoms with van der Waals surface area (Å²) in [7, 11) is 1.84. The van der Waals surface area contributed by atoms with E-state index in [9.17, 15) is 5.11 Å². The number of nitrogens with zero attached hydrogens (tertiary/aromatic N) is 2. The third-order valence-corrected chi connectivity index (χ3v) is 4.67. The molecule has 2 rings (SSSR count). The second-order valence-corrected chi connectivity index (χ2v) is 5.93. The minimum Gasteiger partial charge on any atom is -0.388 e. The Labute approximate surface area is 130 Å². The van der Waals surface area contributed by atoms with E-state index in [4.69, 9.17) is 23.2 Å². The van der Waals surface area contributed by atoms with E-state index in [2.05, 4.69) is 21.0 Å². The topological polar surface area (TPSA) is 38.0 Å². The molecule has 1 atom stereocenters. The number of aryl methyl sites for hydroxylation is 2. The molecule has 1 unspecified atom stereocenters. The molecular formula is C13H13BrCl2N2O. The van der Waals surface area contributed by atoms with Gasteiger partial charge in [0.25, 0.3) is 0 Å². The van der Waals surface area contributed by atoms with Crippen LogP contribution in [0.2, 0.25) is 10.0 Å². The monoisotopic (exact) mass is 362 g/mol.